The fourth-order valence-electron chi connectivity index (χ4n) is 3.68. The number of carbonyl (C=O) groups is 1. The Balaban J connectivity index is 2.49. The highest BCUT2D eigenvalue weighted by Crippen LogP contribution is 2.37. The number of rotatable bonds is 9. The van der Waals surface area contributed by atoms with Crippen molar-refractivity contribution in [3.05, 3.63) is 42.5 Å². The zero-order chi connectivity index (χ0) is 20.0. The topological polar surface area (TPSA) is 51.2 Å². The molecule has 27 heavy (non-hydrogen) atoms. The van der Waals surface area contributed by atoms with Crippen LogP contribution in [-0.4, -0.2) is 56.4 Å². The van der Waals surface area contributed by atoms with Crippen molar-refractivity contribution in [2.45, 2.75) is 31.8 Å². The maximum atomic E-state index is 12.8. The van der Waals surface area contributed by atoms with Crippen molar-refractivity contribution < 1.29 is 19.0 Å². The van der Waals surface area contributed by atoms with Gasteiger partial charge in [0.2, 0.25) is 0 Å². The van der Waals surface area contributed by atoms with Crippen molar-refractivity contribution in [1.82, 2.24) is 10.0 Å². The molecule has 1 aliphatic heterocycles. The van der Waals surface area contributed by atoms with E-state index >= 15 is 0 Å². The SMILES string of the molecule is C=CC(=O)N([C@H](C)c1cc(OC)c(OC)cc1C=C)N1CCC[C@H]1COC. The third-order valence-electron chi connectivity index (χ3n) is 5.01. The predicted molar refractivity (Wildman–Crippen MR) is 107 cm³/mol. The number of ether oxygens (including phenoxy) is 3. The lowest BCUT2D eigenvalue weighted by Gasteiger charge is -2.40. The standard InChI is InChI=1S/C21H30N2O4/c1-7-16-12-19(26-5)20(27-6)13-18(16)15(3)23(21(24)8-2)22-11-9-10-17(22)14-25-4/h7-8,12-13,15,17H,1-2,9-11,14H2,3-6H3/t15-,17+/m1/s1. The Hall–Kier alpha value is -2.31. The summed E-state index contributed by atoms with van der Waals surface area (Å²) in [4.78, 5) is 12.8. The molecule has 1 amide bonds. The highest BCUT2D eigenvalue weighted by Gasteiger charge is 2.35. The second kappa shape index (κ2) is 9.58. The van der Waals surface area contributed by atoms with Crippen molar-refractivity contribution in [1.29, 1.82) is 0 Å². The van der Waals surface area contributed by atoms with Crippen LogP contribution in [0.25, 0.3) is 6.08 Å². The molecule has 0 aliphatic carbocycles. The second-order valence-corrected chi connectivity index (χ2v) is 6.52. The molecule has 1 fully saturated rings. The molecule has 1 heterocycles. The molecule has 0 aromatic heterocycles. The smallest absolute Gasteiger partial charge is 0.260 e. The number of carbonyl (C=O) groups excluding carboxylic acids is 1. The van der Waals surface area contributed by atoms with Gasteiger partial charge in [-0.2, -0.15) is 0 Å². The van der Waals surface area contributed by atoms with E-state index in [1.54, 1.807) is 32.4 Å². The van der Waals surface area contributed by atoms with E-state index in [9.17, 15) is 4.79 Å². The summed E-state index contributed by atoms with van der Waals surface area (Å²) in [6.07, 6.45) is 5.12. The molecule has 0 N–H and O–H groups in total. The van der Waals surface area contributed by atoms with E-state index < -0.39 is 0 Å². The molecule has 148 valence electrons. The molecular formula is C21H30N2O4. The molecule has 2 atom stereocenters. The number of hydrazine groups is 1. The highest BCUT2D eigenvalue weighted by molar-refractivity contribution is 5.87. The summed E-state index contributed by atoms with van der Waals surface area (Å²) in [5, 5.41) is 3.87. The summed E-state index contributed by atoms with van der Waals surface area (Å²) in [5.41, 5.74) is 1.82. The van der Waals surface area contributed by atoms with Gasteiger partial charge in [-0.1, -0.05) is 19.2 Å². The summed E-state index contributed by atoms with van der Waals surface area (Å²) in [6, 6.07) is 3.71. The Morgan fingerprint density at radius 2 is 1.96 bits per heavy atom. The van der Waals surface area contributed by atoms with Crippen LogP contribution in [0.15, 0.2) is 31.4 Å². The number of hydrogen-bond acceptors (Lipinski definition) is 5. The van der Waals surface area contributed by atoms with E-state index in [2.05, 4.69) is 18.2 Å². The molecule has 6 heteroatoms. The van der Waals surface area contributed by atoms with E-state index in [1.807, 2.05) is 19.1 Å². The first-order valence-electron chi connectivity index (χ1n) is 9.11. The molecule has 0 spiro atoms. The third kappa shape index (κ3) is 4.34. The fourth-order valence-corrected chi connectivity index (χ4v) is 3.68. The van der Waals surface area contributed by atoms with Crippen LogP contribution in [0, 0.1) is 0 Å². The lowest BCUT2D eigenvalue weighted by Crippen LogP contribution is -2.50. The minimum atomic E-state index is -0.235. The summed E-state index contributed by atoms with van der Waals surface area (Å²) < 4.78 is 16.2. The van der Waals surface area contributed by atoms with Crippen LogP contribution < -0.4 is 9.47 Å². The number of amides is 1. The van der Waals surface area contributed by atoms with Gasteiger partial charge in [-0.05, 0) is 49.1 Å². The van der Waals surface area contributed by atoms with Gasteiger partial charge in [-0.3, -0.25) is 9.80 Å². The molecule has 0 unspecified atom stereocenters. The van der Waals surface area contributed by atoms with Gasteiger partial charge in [0.25, 0.3) is 5.91 Å². The van der Waals surface area contributed by atoms with E-state index in [-0.39, 0.29) is 18.0 Å². The highest BCUT2D eigenvalue weighted by atomic mass is 16.5. The van der Waals surface area contributed by atoms with Gasteiger partial charge >= 0.3 is 0 Å². The lowest BCUT2D eigenvalue weighted by atomic mass is 9.99. The van der Waals surface area contributed by atoms with Crippen molar-refractivity contribution >= 4 is 12.0 Å². The molecule has 2 rings (SSSR count). The van der Waals surface area contributed by atoms with Crippen molar-refractivity contribution in [2.24, 2.45) is 0 Å². The molecule has 0 radical (unpaired) electrons. The first-order chi connectivity index (χ1) is 13.0. The monoisotopic (exact) mass is 374 g/mol. The first-order valence-corrected chi connectivity index (χ1v) is 9.11. The Morgan fingerprint density at radius 1 is 1.30 bits per heavy atom. The van der Waals surface area contributed by atoms with E-state index in [1.165, 1.54) is 6.08 Å². The van der Waals surface area contributed by atoms with E-state index in [0.29, 0.717) is 18.1 Å². The van der Waals surface area contributed by atoms with Crippen molar-refractivity contribution in [3.8, 4) is 11.5 Å². The number of methoxy groups -OCH3 is 3. The summed E-state index contributed by atoms with van der Waals surface area (Å²) >= 11 is 0. The van der Waals surface area contributed by atoms with Crippen molar-refractivity contribution in [2.75, 3.05) is 34.5 Å². The van der Waals surface area contributed by atoms with Gasteiger partial charge < -0.3 is 14.2 Å². The van der Waals surface area contributed by atoms with Gasteiger partial charge in [-0.15, -0.1) is 0 Å². The minimum Gasteiger partial charge on any atom is -0.493 e. The molecule has 1 aromatic carbocycles. The zero-order valence-corrected chi connectivity index (χ0v) is 16.7. The normalized spacial score (nSPS) is 18.0. The van der Waals surface area contributed by atoms with Gasteiger partial charge in [0.05, 0.1) is 32.9 Å². The van der Waals surface area contributed by atoms with Crippen LogP contribution in [0.2, 0.25) is 0 Å². The van der Waals surface area contributed by atoms with Gasteiger partial charge in [-0.25, -0.2) is 5.01 Å². The first kappa shape index (κ1) is 21.0. The fraction of sp³-hybridized carbons (Fsp3) is 0.476. The quantitative estimate of drug-likeness (QED) is 0.620. The van der Waals surface area contributed by atoms with Gasteiger partial charge in [0.1, 0.15) is 0 Å². The molecule has 0 bridgehead atoms. The van der Waals surface area contributed by atoms with Crippen LogP contribution in [0.1, 0.15) is 36.9 Å². The molecule has 6 nitrogen and oxygen atoms in total. The molecule has 1 aromatic rings. The number of benzene rings is 1. The third-order valence-corrected chi connectivity index (χ3v) is 5.01. The Bertz CT molecular complexity index is 689. The maximum absolute atomic E-state index is 12.8. The van der Waals surface area contributed by atoms with E-state index in [4.69, 9.17) is 14.2 Å². The average molecular weight is 374 g/mol. The Kier molecular flexibility index (Phi) is 7.45. The summed E-state index contributed by atoms with van der Waals surface area (Å²) in [7, 11) is 4.88. The lowest BCUT2D eigenvalue weighted by molar-refractivity contribution is -0.153. The Labute approximate surface area is 162 Å². The summed E-state index contributed by atoms with van der Waals surface area (Å²) in [6.45, 7) is 11.0. The van der Waals surface area contributed by atoms with Crippen LogP contribution in [-0.2, 0) is 9.53 Å². The second-order valence-electron chi connectivity index (χ2n) is 6.52. The maximum Gasteiger partial charge on any atom is 0.260 e. The predicted octanol–water partition coefficient (Wildman–Crippen LogP) is 3.45. The number of nitrogens with zero attached hydrogens (tertiary/aromatic N) is 2. The Morgan fingerprint density at radius 3 is 2.52 bits per heavy atom. The average Bonchev–Trinajstić information content (AvgIpc) is 3.14. The molecular weight excluding hydrogens is 344 g/mol. The summed E-state index contributed by atoms with van der Waals surface area (Å²) in [5.74, 6) is 1.10. The molecule has 1 saturated heterocycles. The molecule has 0 saturated carbocycles. The van der Waals surface area contributed by atoms with Crippen LogP contribution in [0.3, 0.4) is 0 Å². The van der Waals surface area contributed by atoms with Crippen LogP contribution >= 0.6 is 0 Å². The van der Waals surface area contributed by atoms with E-state index in [0.717, 1.165) is 30.5 Å². The van der Waals surface area contributed by atoms with Gasteiger partial charge in [0.15, 0.2) is 11.5 Å². The molecule has 1 aliphatic rings. The zero-order valence-electron chi connectivity index (χ0n) is 16.7. The van der Waals surface area contributed by atoms with Crippen molar-refractivity contribution in [3.63, 3.8) is 0 Å². The van der Waals surface area contributed by atoms with Gasteiger partial charge in [0, 0.05) is 13.7 Å². The minimum absolute atomic E-state index is 0.143. The number of hydrogen-bond donors (Lipinski definition) is 0. The van der Waals surface area contributed by atoms with Crippen LogP contribution in [0.5, 0.6) is 11.5 Å². The van der Waals surface area contributed by atoms with Crippen LogP contribution in [0.4, 0.5) is 0 Å². The largest absolute Gasteiger partial charge is 0.493 e.